The van der Waals surface area contributed by atoms with Crippen molar-refractivity contribution in [1.29, 1.82) is 0 Å². The summed E-state index contributed by atoms with van der Waals surface area (Å²) in [5.74, 6) is 3.00. The Morgan fingerprint density at radius 1 is 1.14 bits per heavy atom. The number of rotatable bonds is 3. The summed E-state index contributed by atoms with van der Waals surface area (Å²) < 4.78 is 1.09. The summed E-state index contributed by atoms with van der Waals surface area (Å²) in [4.78, 5) is 0. The SMILES string of the molecule is CC(Nc1cc(Br)ccc1N)C12CC3CC(CC(C3)C1)C2. The van der Waals surface area contributed by atoms with Crippen molar-refractivity contribution in [2.24, 2.45) is 23.2 Å². The van der Waals surface area contributed by atoms with Gasteiger partial charge < -0.3 is 11.1 Å². The highest BCUT2D eigenvalue weighted by Gasteiger charge is 2.53. The number of hydrogen-bond donors (Lipinski definition) is 2. The zero-order valence-corrected chi connectivity index (χ0v) is 14.3. The molecule has 1 unspecified atom stereocenters. The molecule has 1 aromatic carbocycles. The molecular weight excluding hydrogens is 324 g/mol. The van der Waals surface area contributed by atoms with Crippen LogP contribution in [-0.2, 0) is 0 Å². The topological polar surface area (TPSA) is 38.0 Å². The molecule has 0 saturated heterocycles. The molecule has 4 bridgehead atoms. The third-order valence-electron chi connectivity index (χ3n) is 6.39. The summed E-state index contributed by atoms with van der Waals surface area (Å²) in [5.41, 5.74) is 8.61. The summed E-state index contributed by atoms with van der Waals surface area (Å²) in [6.45, 7) is 2.38. The second-order valence-corrected chi connectivity index (χ2v) is 8.79. The molecule has 21 heavy (non-hydrogen) atoms. The Bertz CT molecular complexity index is 519. The second kappa shape index (κ2) is 4.91. The van der Waals surface area contributed by atoms with Crippen LogP contribution in [0.5, 0.6) is 0 Å². The van der Waals surface area contributed by atoms with Gasteiger partial charge in [-0.25, -0.2) is 0 Å². The number of benzene rings is 1. The molecule has 0 radical (unpaired) electrons. The van der Waals surface area contributed by atoms with Crippen LogP contribution in [0.3, 0.4) is 0 Å². The standard InChI is InChI=1S/C18H25BrN2/c1-11(21-17-7-15(19)2-3-16(17)20)18-8-12-4-13(9-18)6-14(5-12)10-18/h2-3,7,11-14,21H,4-6,8-10,20H2,1H3. The van der Waals surface area contributed by atoms with Crippen LogP contribution in [0, 0.1) is 23.2 Å². The van der Waals surface area contributed by atoms with E-state index in [0.29, 0.717) is 11.5 Å². The number of nitrogens with one attached hydrogen (secondary N) is 1. The molecule has 0 aliphatic heterocycles. The Morgan fingerprint density at radius 2 is 1.71 bits per heavy atom. The first-order valence-electron chi connectivity index (χ1n) is 8.36. The molecule has 3 heteroatoms. The monoisotopic (exact) mass is 348 g/mol. The summed E-state index contributed by atoms with van der Waals surface area (Å²) in [6, 6.07) is 6.63. The van der Waals surface area contributed by atoms with E-state index >= 15 is 0 Å². The molecule has 0 amide bonds. The molecule has 2 nitrogen and oxygen atoms in total. The predicted octanol–water partition coefficient (Wildman–Crippen LogP) is 5.05. The molecule has 5 rings (SSSR count). The third kappa shape index (κ3) is 2.38. The molecule has 4 fully saturated rings. The lowest BCUT2D eigenvalue weighted by Crippen LogP contribution is -2.52. The van der Waals surface area contributed by atoms with Crippen LogP contribution in [0.25, 0.3) is 0 Å². The lowest BCUT2D eigenvalue weighted by atomic mass is 9.48. The van der Waals surface area contributed by atoms with Crippen LogP contribution >= 0.6 is 15.9 Å². The van der Waals surface area contributed by atoms with E-state index in [9.17, 15) is 0 Å². The zero-order valence-electron chi connectivity index (χ0n) is 12.7. The Kier molecular flexibility index (Phi) is 3.25. The van der Waals surface area contributed by atoms with Crippen LogP contribution in [-0.4, -0.2) is 6.04 Å². The van der Waals surface area contributed by atoms with E-state index in [1.54, 1.807) is 0 Å². The fourth-order valence-corrected chi connectivity index (χ4v) is 6.11. The van der Waals surface area contributed by atoms with Gasteiger partial charge in [-0.05, 0) is 86.8 Å². The van der Waals surface area contributed by atoms with Crippen molar-refractivity contribution in [3.05, 3.63) is 22.7 Å². The maximum Gasteiger partial charge on any atom is 0.0587 e. The van der Waals surface area contributed by atoms with Crippen molar-refractivity contribution in [2.75, 3.05) is 11.1 Å². The minimum Gasteiger partial charge on any atom is -0.397 e. The van der Waals surface area contributed by atoms with Crippen molar-refractivity contribution in [3.8, 4) is 0 Å². The Morgan fingerprint density at radius 3 is 2.29 bits per heavy atom. The van der Waals surface area contributed by atoms with Gasteiger partial charge in [-0.2, -0.15) is 0 Å². The van der Waals surface area contributed by atoms with Gasteiger partial charge in [0.1, 0.15) is 0 Å². The first-order valence-corrected chi connectivity index (χ1v) is 9.15. The number of halogens is 1. The first-order chi connectivity index (χ1) is 10.0. The van der Waals surface area contributed by atoms with Gasteiger partial charge in [0.25, 0.3) is 0 Å². The fourth-order valence-electron chi connectivity index (χ4n) is 5.75. The highest BCUT2D eigenvalue weighted by molar-refractivity contribution is 9.10. The minimum atomic E-state index is 0.516. The van der Waals surface area contributed by atoms with Crippen LogP contribution in [0.2, 0.25) is 0 Å². The van der Waals surface area contributed by atoms with Crippen molar-refractivity contribution >= 4 is 27.3 Å². The zero-order chi connectivity index (χ0) is 14.6. The molecule has 1 aromatic rings. The average molecular weight is 349 g/mol. The van der Waals surface area contributed by atoms with Crippen LogP contribution < -0.4 is 11.1 Å². The quantitative estimate of drug-likeness (QED) is 0.750. The minimum absolute atomic E-state index is 0.516. The molecule has 0 heterocycles. The van der Waals surface area contributed by atoms with Gasteiger partial charge in [0.05, 0.1) is 11.4 Å². The number of anilines is 2. The van der Waals surface area contributed by atoms with Gasteiger partial charge in [-0.1, -0.05) is 15.9 Å². The van der Waals surface area contributed by atoms with Crippen molar-refractivity contribution in [1.82, 2.24) is 0 Å². The molecule has 4 aliphatic rings. The predicted molar refractivity (Wildman–Crippen MR) is 92.2 cm³/mol. The summed E-state index contributed by atoms with van der Waals surface area (Å²) in [6.07, 6.45) is 8.81. The maximum atomic E-state index is 6.15. The molecule has 1 atom stereocenters. The summed E-state index contributed by atoms with van der Waals surface area (Å²) in [5, 5.41) is 3.75. The largest absolute Gasteiger partial charge is 0.397 e. The van der Waals surface area contributed by atoms with Gasteiger partial charge in [-0.15, -0.1) is 0 Å². The van der Waals surface area contributed by atoms with E-state index in [2.05, 4.69) is 34.2 Å². The average Bonchev–Trinajstić information content (AvgIpc) is 2.41. The van der Waals surface area contributed by atoms with Crippen LogP contribution in [0.1, 0.15) is 45.4 Å². The Labute approximate surface area is 136 Å². The molecule has 3 N–H and O–H groups in total. The van der Waals surface area contributed by atoms with Crippen LogP contribution in [0.15, 0.2) is 22.7 Å². The maximum absolute atomic E-state index is 6.15. The van der Waals surface area contributed by atoms with Gasteiger partial charge in [0.15, 0.2) is 0 Å². The van der Waals surface area contributed by atoms with Gasteiger partial charge >= 0.3 is 0 Å². The van der Waals surface area contributed by atoms with Gasteiger partial charge in [-0.3, -0.25) is 0 Å². The molecule has 114 valence electrons. The van der Waals surface area contributed by atoms with E-state index in [1.807, 2.05) is 12.1 Å². The first kappa shape index (κ1) is 13.9. The molecule has 4 saturated carbocycles. The van der Waals surface area contributed by atoms with E-state index in [1.165, 1.54) is 38.5 Å². The van der Waals surface area contributed by atoms with Crippen molar-refractivity contribution < 1.29 is 0 Å². The van der Waals surface area contributed by atoms with E-state index < -0.39 is 0 Å². The second-order valence-electron chi connectivity index (χ2n) is 7.88. The smallest absolute Gasteiger partial charge is 0.0587 e. The number of nitrogens with two attached hydrogens (primary N) is 1. The van der Waals surface area contributed by atoms with Gasteiger partial charge in [0.2, 0.25) is 0 Å². The number of hydrogen-bond acceptors (Lipinski definition) is 2. The normalized spacial score (nSPS) is 38.5. The van der Waals surface area contributed by atoms with Gasteiger partial charge in [0, 0.05) is 10.5 Å². The summed E-state index contributed by atoms with van der Waals surface area (Å²) >= 11 is 3.55. The van der Waals surface area contributed by atoms with E-state index in [-0.39, 0.29) is 0 Å². The third-order valence-corrected chi connectivity index (χ3v) is 6.88. The Balaban J connectivity index is 1.57. The van der Waals surface area contributed by atoms with E-state index in [4.69, 9.17) is 5.73 Å². The lowest BCUT2D eigenvalue weighted by Gasteiger charge is -2.59. The lowest BCUT2D eigenvalue weighted by molar-refractivity contribution is -0.0602. The Hall–Kier alpha value is -0.700. The molecule has 4 aliphatic carbocycles. The highest BCUT2D eigenvalue weighted by Crippen LogP contribution is 2.61. The molecular formula is C18H25BrN2. The summed E-state index contributed by atoms with van der Waals surface area (Å²) in [7, 11) is 0. The van der Waals surface area contributed by atoms with E-state index in [0.717, 1.165) is 33.6 Å². The van der Waals surface area contributed by atoms with Crippen molar-refractivity contribution in [3.63, 3.8) is 0 Å². The fraction of sp³-hybridized carbons (Fsp3) is 0.667. The van der Waals surface area contributed by atoms with Crippen molar-refractivity contribution in [2.45, 2.75) is 51.5 Å². The molecule has 0 spiro atoms. The van der Waals surface area contributed by atoms with Crippen LogP contribution in [0.4, 0.5) is 11.4 Å². The molecule has 0 aromatic heterocycles. The highest BCUT2D eigenvalue weighted by atomic mass is 79.9. The number of nitrogen functional groups attached to an aromatic ring is 1.